The zero-order valence-corrected chi connectivity index (χ0v) is 18.0. The van der Waals surface area contributed by atoms with Crippen molar-refractivity contribution < 1.29 is 22.7 Å². The fourth-order valence-corrected chi connectivity index (χ4v) is 5.29. The maximum Gasteiger partial charge on any atom is 0.274 e. The summed E-state index contributed by atoms with van der Waals surface area (Å²) in [4.78, 5) is 14.9. The van der Waals surface area contributed by atoms with Crippen molar-refractivity contribution in [3.05, 3.63) is 41.2 Å². The van der Waals surface area contributed by atoms with E-state index in [1.54, 1.807) is 40.9 Å². The number of ether oxygens (including phenoxy) is 2. The van der Waals surface area contributed by atoms with Gasteiger partial charge in [0.2, 0.25) is 10.0 Å². The first-order valence-corrected chi connectivity index (χ1v) is 11.5. The second kappa shape index (κ2) is 8.37. The molecule has 0 unspecified atom stereocenters. The Labute approximate surface area is 176 Å². The predicted molar refractivity (Wildman–Crippen MR) is 109 cm³/mol. The average Bonchev–Trinajstić information content (AvgIpc) is 3.10. The number of benzene rings is 1. The first kappa shape index (κ1) is 20.8. The summed E-state index contributed by atoms with van der Waals surface area (Å²) in [5.41, 5.74) is 1.93. The van der Waals surface area contributed by atoms with Crippen LogP contribution in [-0.4, -0.2) is 72.8 Å². The Morgan fingerprint density at radius 3 is 2.53 bits per heavy atom. The Balaban J connectivity index is 1.60. The second-order valence-electron chi connectivity index (χ2n) is 7.30. The molecule has 2 aliphatic rings. The van der Waals surface area contributed by atoms with Crippen molar-refractivity contribution >= 4 is 15.9 Å². The summed E-state index contributed by atoms with van der Waals surface area (Å²) in [6.07, 6.45) is 0.505. The number of carbonyl (C=O) groups excluding carboxylic acids is 1. The van der Waals surface area contributed by atoms with Crippen LogP contribution in [0.3, 0.4) is 0 Å². The highest BCUT2D eigenvalue weighted by atomic mass is 32.2. The molecule has 1 saturated heterocycles. The minimum atomic E-state index is -3.70. The number of nitrogens with zero attached hydrogens (tertiary/aromatic N) is 4. The molecule has 1 fully saturated rings. The van der Waals surface area contributed by atoms with Gasteiger partial charge >= 0.3 is 0 Å². The first-order valence-electron chi connectivity index (χ1n) is 10.1. The predicted octanol–water partition coefficient (Wildman–Crippen LogP) is 1.04. The fourth-order valence-electron chi connectivity index (χ4n) is 3.88. The van der Waals surface area contributed by atoms with Crippen LogP contribution in [0.1, 0.15) is 28.7 Å². The third-order valence-corrected chi connectivity index (χ3v) is 7.34. The highest BCUT2D eigenvalue weighted by Gasteiger charge is 2.34. The Kier molecular flexibility index (Phi) is 5.81. The summed E-state index contributed by atoms with van der Waals surface area (Å²) >= 11 is 0. The summed E-state index contributed by atoms with van der Waals surface area (Å²) in [6, 6.07) is 6.42. The Hall–Kier alpha value is -2.43. The van der Waals surface area contributed by atoms with Gasteiger partial charge in [-0.2, -0.15) is 9.40 Å². The van der Waals surface area contributed by atoms with Crippen molar-refractivity contribution in [3.63, 3.8) is 0 Å². The zero-order chi connectivity index (χ0) is 21.3. The SMILES string of the molecule is CCOc1ccc(S(=O)(=O)N2CCc3c(c(C(=O)N4CCOCC4)nn3C)C2)cc1. The van der Waals surface area contributed by atoms with Gasteiger partial charge in [-0.25, -0.2) is 8.42 Å². The van der Waals surface area contributed by atoms with Crippen LogP contribution in [0.2, 0.25) is 0 Å². The van der Waals surface area contributed by atoms with Gasteiger partial charge in [0.1, 0.15) is 5.75 Å². The van der Waals surface area contributed by atoms with E-state index in [0.717, 1.165) is 5.69 Å². The number of fused-ring (bicyclic) bond motifs is 1. The van der Waals surface area contributed by atoms with Gasteiger partial charge in [-0.05, 0) is 31.2 Å². The summed E-state index contributed by atoms with van der Waals surface area (Å²) in [7, 11) is -1.90. The van der Waals surface area contributed by atoms with Crippen LogP contribution < -0.4 is 4.74 Å². The molecular weight excluding hydrogens is 408 g/mol. The minimum Gasteiger partial charge on any atom is -0.494 e. The van der Waals surface area contributed by atoms with Crippen LogP contribution in [-0.2, 0) is 34.8 Å². The van der Waals surface area contributed by atoms with E-state index < -0.39 is 10.0 Å². The van der Waals surface area contributed by atoms with E-state index in [4.69, 9.17) is 9.47 Å². The normalized spacial score (nSPS) is 17.6. The molecule has 2 aromatic rings. The number of carbonyl (C=O) groups is 1. The molecule has 1 aromatic heterocycles. The largest absolute Gasteiger partial charge is 0.494 e. The summed E-state index contributed by atoms with van der Waals surface area (Å²) in [6.45, 7) is 4.88. The van der Waals surface area contributed by atoms with Crippen molar-refractivity contribution in [2.75, 3.05) is 39.5 Å². The van der Waals surface area contributed by atoms with Crippen LogP contribution >= 0.6 is 0 Å². The summed E-state index contributed by atoms with van der Waals surface area (Å²) < 4.78 is 40.2. The molecule has 0 spiro atoms. The first-order chi connectivity index (χ1) is 14.4. The van der Waals surface area contributed by atoms with E-state index in [1.807, 2.05) is 6.92 Å². The van der Waals surface area contributed by atoms with E-state index in [1.165, 1.54) is 4.31 Å². The van der Waals surface area contributed by atoms with Crippen molar-refractivity contribution in [2.45, 2.75) is 24.8 Å². The van der Waals surface area contributed by atoms with Gasteiger partial charge in [0.15, 0.2) is 5.69 Å². The number of hydrogen-bond acceptors (Lipinski definition) is 6. The fraction of sp³-hybridized carbons (Fsp3) is 0.500. The maximum absolute atomic E-state index is 13.2. The Bertz CT molecular complexity index is 1030. The van der Waals surface area contributed by atoms with Gasteiger partial charge in [-0.15, -0.1) is 0 Å². The number of amides is 1. The van der Waals surface area contributed by atoms with Crippen molar-refractivity contribution in [1.82, 2.24) is 19.0 Å². The maximum atomic E-state index is 13.2. The topological polar surface area (TPSA) is 94.0 Å². The molecule has 10 heteroatoms. The van der Waals surface area contributed by atoms with E-state index >= 15 is 0 Å². The highest BCUT2D eigenvalue weighted by Crippen LogP contribution is 2.28. The molecule has 9 nitrogen and oxygen atoms in total. The monoisotopic (exact) mass is 434 g/mol. The zero-order valence-electron chi connectivity index (χ0n) is 17.2. The van der Waals surface area contributed by atoms with E-state index in [0.29, 0.717) is 62.9 Å². The van der Waals surface area contributed by atoms with Crippen molar-refractivity contribution in [3.8, 4) is 5.75 Å². The molecule has 2 aliphatic heterocycles. The molecule has 4 rings (SSSR count). The summed E-state index contributed by atoms with van der Waals surface area (Å²) in [5.74, 6) is 0.457. The third-order valence-electron chi connectivity index (χ3n) is 5.48. The third kappa shape index (κ3) is 3.82. The quantitative estimate of drug-likeness (QED) is 0.698. The molecule has 1 amide bonds. The number of aromatic nitrogens is 2. The molecule has 0 radical (unpaired) electrons. The number of morpholine rings is 1. The van der Waals surface area contributed by atoms with Crippen molar-refractivity contribution in [2.24, 2.45) is 7.05 Å². The second-order valence-corrected chi connectivity index (χ2v) is 9.23. The van der Waals surface area contributed by atoms with E-state index in [2.05, 4.69) is 5.10 Å². The Morgan fingerprint density at radius 2 is 1.87 bits per heavy atom. The number of sulfonamides is 1. The lowest BCUT2D eigenvalue weighted by molar-refractivity contribution is 0.0297. The van der Waals surface area contributed by atoms with Crippen LogP contribution in [0.15, 0.2) is 29.2 Å². The van der Waals surface area contributed by atoms with Gasteiger partial charge in [0.05, 0.1) is 24.7 Å². The lowest BCUT2D eigenvalue weighted by Crippen LogP contribution is -2.42. The number of rotatable bonds is 5. The lowest BCUT2D eigenvalue weighted by atomic mass is 10.1. The standard InChI is InChI=1S/C20H26N4O5S/c1-3-29-15-4-6-16(7-5-15)30(26,27)24-9-8-18-17(14-24)19(21-22(18)2)20(25)23-10-12-28-13-11-23/h4-7H,3,8-14H2,1-2H3. The van der Waals surface area contributed by atoms with Gasteiger partial charge < -0.3 is 14.4 Å². The highest BCUT2D eigenvalue weighted by molar-refractivity contribution is 7.89. The number of hydrogen-bond donors (Lipinski definition) is 0. The lowest BCUT2D eigenvalue weighted by Gasteiger charge is -2.29. The molecule has 162 valence electrons. The average molecular weight is 435 g/mol. The van der Waals surface area contributed by atoms with Gasteiger partial charge in [0, 0.05) is 50.9 Å². The molecular formula is C20H26N4O5S. The van der Waals surface area contributed by atoms with E-state index in [-0.39, 0.29) is 17.3 Å². The Morgan fingerprint density at radius 1 is 1.17 bits per heavy atom. The van der Waals surface area contributed by atoms with Crippen LogP contribution in [0.25, 0.3) is 0 Å². The molecule has 1 aromatic carbocycles. The van der Waals surface area contributed by atoms with Crippen LogP contribution in [0, 0.1) is 0 Å². The molecule has 0 N–H and O–H groups in total. The molecule has 0 atom stereocenters. The minimum absolute atomic E-state index is 0.129. The van der Waals surface area contributed by atoms with Gasteiger partial charge in [-0.3, -0.25) is 9.48 Å². The van der Waals surface area contributed by atoms with Gasteiger partial charge in [-0.1, -0.05) is 0 Å². The van der Waals surface area contributed by atoms with Crippen LogP contribution in [0.5, 0.6) is 5.75 Å². The van der Waals surface area contributed by atoms with Gasteiger partial charge in [0.25, 0.3) is 5.91 Å². The molecule has 0 aliphatic carbocycles. The smallest absolute Gasteiger partial charge is 0.274 e. The molecule has 3 heterocycles. The molecule has 30 heavy (non-hydrogen) atoms. The van der Waals surface area contributed by atoms with Crippen molar-refractivity contribution in [1.29, 1.82) is 0 Å². The molecule has 0 bridgehead atoms. The molecule has 0 saturated carbocycles. The summed E-state index contributed by atoms with van der Waals surface area (Å²) in [5, 5.41) is 4.44. The van der Waals surface area contributed by atoms with E-state index in [9.17, 15) is 13.2 Å². The number of aryl methyl sites for hydroxylation is 1. The van der Waals surface area contributed by atoms with Crippen LogP contribution in [0.4, 0.5) is 0 Å².